The molecule has 3 N–H and O–H groups in total. The van der Waals surface area contributed by atoms with Gasteiger partial charge in [0.05, 0.1) is 17.0 Å². The molecule has 2 amide bonds. The van der Waals surface area contributed by atoms with Crippen molar-refractivity contribution in [2.24, 2.45) is 0 Å². The minimum absolute atomic E-state index is 0.0347. The van der Waals surface area contributed by atoms with Gasteiger partial charge in [-0.1, -0.05) is 30.5 Å². The minimum Gasteiger partial charge on any atom is -0.391 e. The predicted octanol–water partition coefficient (Wildman–Crippen LogP) is 1.29. The highest BCUT2D eigenvalue weighted by atomic mass is 32.2. The number of aliphatic hydroxyl groups is 1. The van der Waals surface area contributed by atoms with Crippen LogP contribution in [0.5, 0.6) is 0 Å². The van der Waals surface area contributed by atoms with Gasteiger partial charge in [-0.2, -0.15) is 0 Å². The summed E-state index contributed by atoms with van der Waals surface area (Å²) in [5.41, 5.74) is 0.934. The number of sulfonamides is 1. The van der Waals surface area contributed by atoms with Crippen LogP contribution in [0.3, 0.4) is 0 Å². The van der Waals surface area contributed by atoms with E-state index in [9.17, 15) is 18.3 Å². The molecule has 7 heteroatoms. The van der Waals surface area contributed by atoms with Crippen LogP contribution in [0.4, 0.5) is 4.79 Å². The summed E-state index contributed by atoms with van der Waals surface area (Å²) in [5, 5.41) is 12.3. The van der Waals surface area contributed by atoms with E-state index in [-0.39, 0.29) is 4.90 Å². The van der Waals surface area contributed by atoms with Gasteiger partial charge < -0.3 is 10.4 Å². The Morgan fingerprint density at radius 2 is 1.81 bits per heavy atom. The summed E-state index contributed by atoms with van der Waals surface area (Å²) >= 11 is 0. The summed E-state index contributed by atoms with van der Waals surface area (Å²) in [7, 11) is -3.89. The molecule has 0 aromatic heterocycles. The van der Waals surface area contributed by atoms with E-state index >= 15 is 0 Å². The van der Waals surface area contributed by atoms with Gasteiger partial charge in [-0.25, -0.2) is 17.9 Å². The fourth-order valence-corrected chi connectivity index (χ4v) is 3.29. The maximum atomic E-state index is 12.0. The van der Waals surface area contributed by atoms with Gasteiger partial charge in [0.25, 0.3) is 10.0 Å². The van der Waals surface area contributed by atoms with E-state index in [2.05, 4.69) is 5.32 Å². The largest absolute Gasteiger partial charge is 0.391 e. The Labute approximate surface area is 124 Å². The topological polar surface area (TPSA) is 95.5 Å². The maximum Gasteiger partial charge on any atom is 0.329 e. The third-order valence-electron chi connectivity index (χ3n) is 3.60. The van der Waals surface area contributed by atoms with Gasteiger partial charge in [0.1, 0.15) is 0 Å². The summed E-state index contributed by atoms with van der Waals surface area (Å²) in [4.78, 5) is 11.8. The smallest absolute Gasteiger partial charge is 0.329 e. The zero-order chi connectivity index (χ0) is 15.5. The van der Waals surface area contributed by atoms with Crippen molar-refractivity contribution in [1.29, 1.82) is 0 Å². The number of carbonyl (C=O) groups excluding carboxylic acids is 1. The lowest BCUT2D eigenvalue weighted by atomic mass is 9.93. The summed E-state index contributed by atoms with van der Waals surface area (Å²) in [6, 6.07) is 5.02. The van der Waals surface area contributed by atoms with Gasteiger partial charge in [-0.15, -0.1) is 0 Å². The highest BCUT2D eigenvalue weighted by Gasteiger charge is 2.26. The fourth-order valence-electron chi connectivity index (χ4n) is 2.38. The zero-order valence-electron chi connectivity index (χ0n) is 11.9. The number of carbonyl (C=O) groups is 1. The van der Waals surface area contributed by atoms with E-state index in [1.165, 1.54) is 12.1 Å². The van der Waals surface area contributed by atoms with Crippen LogP contribution < -0.4 is 10.0 Å². The van der Waals surface area contributed by atoms with Crippen molar-refractivity contribution in [2.75, 3.05) is 0 Å². The Bertz CT molecular complexity index is 598. The molecular formula is C14H20N2O4S. The fraction of sp³-hybridized carbons (Fsp3) is 0.500. The molecule has 0 radical (unpaired) electrons. The number of aryl methyl sites for hydroxylation is 1. The molecule has 1 aromatic carbocycles. The summed E-state index contributed by atoms with van der Waals surface area (Å²) < 4.78 is 26.1. The highest BCUT2D eigenvalue weighted by Crippen LogP contribution is 2.18. The molecule has 0 heterocycles. The van der Waals surface area contributed by atoms with Gasteiger partial charge in [0.15, 0.2) is 0 Å². The lowest BCUT2D eigenvalue weighted by Gasteiger charge is -2.28. The lowest BCUT2D eigenvalue weighted by Crippen LogP contribution is -2.50. The molecule has 1 aliphatic rings. The molecule has 2 rings (SSSR count). The molecule has 1 saturated carbocycles. The van der Waals surface area contributed by atoms with Crippen molar-refractivity contribution in [3.05, 3.63) is 29.8 Å². The van der Waals surface area contributed by atoms with E-state index in [0.29, 0.717) is 12.8 Å². The molecule has 0 bridgehead atoms. The van der Waals surface area contributed by atoms with Crippen molar-refractivity contribution in [3.8, 4) is 0 Å². The predicted molar refractivity (Wildman–Crippen MR) is 78.3 cm³/mol. The second kappa shape index (κ2) is 6.44. The number of rotatable bonds is 3. The summed E-state index contributed by atoms with van der Waals surface area (Å²) in [6.45, 7) is 1.85. The quantitative estimate of drug-likeness (QED) is 0.783. The van der Waals surface area contributed by atoms with Gasteiger partial charge >= 0.3 is 6.03 Å². The number of benzene rings is 1. The molecule has 1 aliphatic carbocycles. The second-order valence-corrected chi connectivity index (χ2v) is 7.03. The van der Waals surface area contributed by atoms with Crippen LogP contribution in [0.15, 0.2) is 29.2 Å². The van der Waals surface area contributed by atoms with Crippen LogP contribution in [-0.2, 0) is 10.0 Å². The van der Waals surface area contributed by atoms with Crippen molar-refractivity contribution in [3.63, 3.8) is 0 Å². The molecule has 0 saturated heterocycles. The summed E-state index contributed by atoms with van der Waals surface area (Å²) in [5.74, 6) is 0. The first-order chi connectivity index (χ1) is 9.88. The first-order valence-electron chi connectivity index (χ1n) is 6.96. The van der Waals surface area contributed by atoms with E-state index < -0.39 is 28.2 Å². The minimum atomic E-state index is -3.89. The van der Waals surface area contributed by atoms with E-state index in [4.69, 9.17) is 0 Å². The standard InChI is InChI=1S/C14H20N2O4S/c1-10-6-8-11(9-7-10)21(19,20)16-14(18)15-12-4-2-3-5-13(12)17/h6-9,12-13,17H,2-5H2,1H3,(H2,15,16,18)/t12-,13+/m0/s1. The van der Waals surface area contributed by atoms with Gasteiger partial charge in [-0.05, 0) is 31.9 Å². The molecule has 21 heavy (non-hydrogen) atoms. The third-order valence-corrected chi connectivity index (χ3v) is 4.95. The van der Waals surface area contributed by atoms with Crippen LogP contribution in [0, 0.1) is 6.92 Å². The SMILES string of the molecule is Cc1ccc(S(=O)(=O)NC(=O)N[C@H]2CCCC[C@H]2O)cc1. The molecule has 0 spiro atoms. The number of aliphatic hydroxyl groups excluding tert-OH is 1. The van der Waals surface area contributed by atoms with Crippen molar-refractivity contribution < 1.29 is 18.3 Å². The van der Waals surface area contributed by atoms with Crippen molar-refractivity contribution in [1.82, 2.24) is 10.0 Å². The normalized spacial score (nSPS) is 22.6. The van der Waals surface area contributed by atoms with E-state index in [0.717, 1.165) is 18.4 Å². The Morgan fingerprint density at radius 3 is 2.43 bits per heavy atom. The molecule has 2 atom stereocenters. The molecule has 1 fully saturated rings. The lowest BCUT2D eigenvalue weighted by molar-refractivity contribution is 0.0948. The summed E-state index contributed by atoms with van der Waals surface area (Å²) in [6.07, 6.45) is 2.48. The van der Waals surface area contributed by atoms with Gasteiger partial charge in [0, 0.05) is 0 Å². The average Bonchev–Trinajstić information content (AvgIpc) is 2.41. The second-order valence-electron chi connectivity index (χ2n) is 5.35. The molecule has 1 aromatic rings. The van der Waals surface area contributed by atoms with Crippen molar-refractivity contribution in [2.45, 2.75) is 49.6 Å². The number of urea groups is 1. The molecule has 0 unspecified atom stereocenters. The number of amides is 2. The first-order valence-corrected chi connectivity index (χ1v) is 8.45. The molecule has 6 nitrogen and oxygen atoms in total. The van der Waals surface area contributed by atoms with Gasteiger partial charge in [0.2, 0.25) is 0 Å². The molecule has 116 valence electrons. The monoisotopic (exact) mass is 312 g/mol. The number of hydrogen-bond acceptors (Lipinski definition) is 4. The average molecular weight is 312 g/mol. The van der Waals surface area contributed by atoms with Crippen LogP contribution in [-0.4, -0.2) is 31.7 Å². The maximum absolute atomic E-state index is 12.0. The molecule has 0 aliphatic heterocycles. The molecular weight excluding hydrogens is 292 g/mol. The first kappa shape index (κ1) is 15.8. The number of hydrogen-bond donors (Lipinski definition) is 3. The van der Waals surface area contributed by atoms with E-state index in [1.807, 2.05) is 11.6 Å². The zero-order valence-corrected chi connectivity index (χ0v) is 12.7. The van der Waals surface area contributed by atoms with Crippen LogP contribution in [0.2, 0.25) is 0 Å². The third kappa shape index (κ3) is 4.18. The van der Waals surface area contributed by atoms with Crippen LogP contribution in [0.25, 0.3) is 0 Å². The van der Waals surface area contributed by atoms with Gasteiger partial charge in [-0.3, -0.25) is 0 Å². The Morgan fingerprint density at radius 1 is 1.19 bits per heavy atom. The highest BCUT2D eigenvalue weighted by molar-refractivity contribution is 7.90. The Balaban J connectivity index is 1.99. The Hall–Kier alpha value is -1.60. The number of nitrogens with one attached hydrogen (secondary N) is 2. The van der Waals surface area contributed by atoms with Crippen LogP contribution in [0.1, 0.15) is 31.2 Å². The van der Waals surface area contributed by atoms with Crippen LogP contribution >= 0.6 is 0 Å². The Kier molecular flexibility index (Phi) is 4.84. The van der Waals surface area contributed by atoms with Crippen molar-refractivity contribution >= 4 is 16.1 Å². The van der Waals surface area contributed by atoms with E-state index in [1.54, 1.807) is 12.1 Å².